The minimum Gasteiger partial charge on any atom is -0.494 e. The quantitative estimate of drug-likeness (QED) is 0.441. The summed E-state index contributed by atoms with van der Waals surface area (Å²) < 4.78 is 12.2. The Hall–Kier alpha value is -2.65. The Morgan fingerprint density at radius 3 is 2.35 bits per heavy atom. The fourth-order valence-corrected chi connectivity index (χ4v) is 6.72. The molecule has 0 aliphatic carbocycles. The van der Waals surface area contributed by atoms with Crippen molar-refractivity contribution in [3.8, 4) is 5.75 Å². The molecule has 9 nitrogen and oxygen atoms in total. The van der Waals surface area contributed by atoms with Gasteiger partial charge in [0.25, 0.3) is 0 Å². The maximum atomic E-state index is 14.2. The van der Waals surface area contributed by atoms with Gasteiger partial charge in [-0.1, -0.05) is 20.8 Å². The van der Waals surface area contributed by atoms with Crippen molar-refractivity contribution < 1.29 is 29.0 Å². The average molecular weight is 516 g/mol. The molecule has 3 aliphatic rings. The van der Waals surface area contributed by atoms with Crippen molar-refractivity contribution in [2.75, 3.05) is 18.5 Å². The van der Waals surface area contributed by atoms with E-state index in [0.29, 0.717) is 37.3 Å². The van der Waals surface area contributed by atoms with Gasteiger partial charge in [-0.05, 0) is 70.2 Å². The third-order valence-electron chi connectivity index (χ3n) is 8.33. The summed E-state index contributed by atoms with van der Waals surface area (Å²) in [5.74, 6) is -1.83. The second-order valence-electron chi connectivity index (χ2n) is 11.2. The number of fused-ring (bicyclic) bond motifs is 1. The van der Waals surface area contributed by atoms with E-state index in [2.05, 4.69) is 10.6 Å². The lowest BCUT2D eigenvalue weighted by Crippen LogP contribution is -2.59. The summed E-state index contributed by atoms with van der Waals surface area (Å²) in [7, 11) is 0. The van der Waals surface area contributed by atoms with Crippen LogP contribution in [0, 0.1) is 17.8 Å². The van der Waals surface area contributed by atoms with Crippen LogP contribution in [0.25, 0.3) is 0 Å². The molecule has 3 amide bonds. The molecule has 1 spiro atoms. The zero-order valence-electron chi connectivity index (χ0n) is 22.7. The number of carbonyl (C=O) groups is 3. The van der Waals surface area contributed by atoms with Gasteiger partial charge >= 0.3 is 0 Å². The predicted molar refractivity (Wildman–Crippen MR) is 139 cm³/mol. The number of amides is 3. The minimum absolute atomic E-state index is 0.0907. The van der Waals surface area contributed by atoms with E-state index in [4.69, 9.17) is 9.47 Å². The van der Waals surface area contributed by atoms with Gasteiger partial charge < -0.3 is 30.1 Å². The van der Waals surface area contributed by atoms with Crippen LogP contribution in [-0.2, 0) is 19.1 Å². The molecule has 0 radical (unpaired) electrons. The normalized spacial score (nSPS) is 31.1. The Kier molecular flexibility index (Phi) is 7.59. The summed E-state index contributed by atoms with van der Waals surface area (Å²) in [5.41, 5.74) is -1.34. The highest BCUT2D eigenvalue weighted by Crippen LogP contribution is 2.64. The molecule has 0 saturated carbocycles. The Labute approximate surface area is 219 Å². The molecule has 3 heterocycles. The number of anilines is 1. The van der Waals surface area contributed by atoms with Crippen molar-refractivity contribution >= 4 is 23.4 Å². The number of likely N-dealkylation sites (tertiary alicyclic amines) is 1. The minimum atomic E-state index is -1.12. The zero-order valence-corrected chi connectivity index (χ0v) is 22.7. The fraction of sp³-hybridized carbons (Fsp3) is 0.679. The molecule has 3 fully saturated rings. The van der Waals surface area contributed by atoms with Gasteiger partial charge in [0, 0.05) is 11.7 Å². The first-order valence-corrected chi connectivity index (χ1v) is 13.5. The van der Waals surface area contributed by atoms with Crippen molar-refractivity contribution in [3.05, 3.63) is 24.3 Å². The number of nitrogens with zero attached hydrogens (tertiary/aromatic N) is 1. The molecular weight excluding hydrogens is 474 g/mol. The second-order valence-corrected chi connectivity index (χ2v) is 11.2. The van der Waals surface area contributed by atoms with Crippen molar-refractivity contribution in [1.29, 1.82) is 0 Å². The summed E-state index contributed by atoms with van der Waals surface area (Å²) in [4.78, 5) is 43.2. The van der Waals surface area contributed by atoms with Crippen molar-refractivity contribution in [3.63, 3.8) is 0 Å². The smallest absolute Gasteiger partial charge is 0.246 e. The lowest BCUT2D eigenvalue weighted by Gasteiger charge is -2.39. The molecule has 1 aromatic carbocycles. The van der Waals surface area contributed by atoms with E-state index in [0.717, 1.165) is 0 Å². The van der Waals surface area contributed by atoms with Gasteiger partial charge in [-0.2, -0.15) is 0 Å². The number of rotatable bonds is 10. The van der Waals surface area contributed by atoms with Gasteiger partial charge in [0.1, 0.15) is 17.4 Å². The standard InChI is InChI=1S/C28H41N3O6/c1-7-27-13-14-28(37-27)22(21(27)24(33)30-18-9-11-19(12-10-18)36-8-2)26(35)31(20(15-32)16(3)4)23(28)25(34)29-17(5)6/h9-12,16-17,20-23,32H,7-8,13-15H2,1-6H3,(H,29,34)(H,30,33)/t20-,21-,22-,23?,27+,28?/m0/s1. The van der Waals surface area contributed by atoms with Crippen LogP contribution < -0.4 is 15.4 Å². The first kappa shape index (κ1) is 27.4. The maximum absolute atomic E-state index is 14.2. The van der Waals surface area contributed by atoms with Crippen LogP contribution in [-0.4, -0.2) is 70.3 Å². The Morgan fingerprint density at radius 2 is 1.81 bits per heavy atom. The van der Waals surface area contributed by atoms with Crippen molar-refractivity contribution in [1.82, 2.24) is 10.2 Å². The lowest BCUT2D eigenvalue weighted by molar-refractivity contribution is -0.151. The maximum Gasteiger partial charge on any atom is 0.246 e. The number of aliphatic hydroxyl groups excluding tert-OH is 1. The number of hydrogen-bond acceptors (Lipinski definition) is 6. The van der Waals surface area contributed by atoms with Crippen LogP contribution in [0.3, 0.4) is 0 Å². The van der Waals surface area contributed by atoms with Gasteiger partial charge in [0.05, 0.1) is 36.7 Å². The summed E-state index contributed by atoms with van der Waals surface area (Å²) in [6.07, 6.45) is 1.64. The number of aliphatic hydroxyl groups is 1. The molecule has 6 atom stereocenters. The topological polar surface area (TPSA) is 117 Å². The van der Waals surface area contributed by atoms with Crippen LogP contribution in [0.2, 0.25) is 0 Å². The first-order valence-electron chi connectivity index (χ1n) is 13.5. The van der Waals surface area contributed by atoms with E-state index in [1.54, 1.807) is 24.3 Å². The Balaban J connectivity index is 1.73. The van der Waals surface area contributed by atoms with Crippen LogP contribution in [0.5, 0.6) is 5.75 Å². The molecule has 204 valence electrons. The van der Waals surface area contributed by atoms with Gasteiger partial charge in [0.15, 0.2) is 0 Å². The molecule has 2 unspecified atom stereocenters. The third-order valence-corrected chi connectivity index (χ3v) is 8.33. The molecule has 37 heavy (non-hydrogen) atoms. The average Bonchev–Trinajstić information content (AvgIpc) is 3.44. The summed E-state index contributed by atoms with van der Waals surface area (Å²) in [5, 5.41) is 16.2. The van der Waals surface area contributed by atoms with Gasteiger partial charge in [-0.15, -0.1) is 0 Å². The van der Waals surface area contributed by atoms with E-state index >= 15 is 0 Å². The van der Waals surface area contributed by atoms with Gasteiger partial charge in [0.2, 0.25) is 17.7 Å². The number of ether oxygens (including phenoxy) is 2. The van der Waals surface area contributed by atoms with E-state index in [1.165, 1.54) is 4.90 Å². The molecule has 1 aromatic rings. The van der Waals surface area contributed by atoms with Crippen LogP contribution >= 0.6 is 0 Å². The van der Waals surface area contributed by atoms with Crippen LogP contribution in [0.15, 0.2) is 24.3 Å². The van der Waals surface area contributed by atoms with Crippen LogP contribution in [0.4, 0.5) is 5.69 Å². The summed E-state index contributed by atoms with van der Waals surface area (Å²) in [6, 6.07) is 5.51. The lowest BCUT2D eigenvalue weighted by atomic mass is 9.65. The van der Waals surface area contributed by atoms with E-state index in [1.807, 2.05) is 41.5 Å². The van der Waals surface area contributed by atoms with Crippen molar-refractivity contribution in [2.24, 2.45) is 17.8 Å². The van der Waals surface area contributed by atoms with Crippen molar-refractivity contribution in [2.45, 2.75) is 90.1 Å². The Morgan fingerprint density at radius 1 is 1.14 bits per heavy atom. The SMILES string of the molecule is CCOc1ccc(NC(=O)[C@@H]2[C@H]3C(=O)N([C@@H](CO)C(C)C)C(C(=O)NC(C)C)C34CC[C@@]2(CC)O4)cc1. The summed E-state index contributed by atoms with van der Waals surface area (Å²) >= 11 is 0. The molecule has 9 heteroatoms. The molecular formula is C28H41N3O6. The van der Waals surface area contributed by atoms with E-state index in [-0.39, 0.29) is 36.3 Å². The number of benzene rings is 1. The Bertz CT molecular complexity index is 1030. The summed E-state index contributed by atoms with van der Waals surface area (Å²) in [6.45, 7) is 11.7. The van der Waals surface area contributed by atoms with Gasteiger partial charge in [-0.3, -0.25) is 14.4 Å². The molecule has 0 aromatic heterocycles. The first-order chi connectivity index (χ1) is 17.5. The highest BCUT2D eigenvalue weighted by Gasteiger charge is 2.79. The highest BCUT2D eigenvalue weighted by atomic mass is 16.5. The molecule has 2 bridgehead atoms. The predicted octanol–water partition coefficient (Wildman–Crippen LogP) is 2.72. The third kappa shape index (κ3) is 4.40. The largest absolute Gasteiger partial charge is 0.494 e. The van der Waals surface area contributed by atoms with Gasteiger partial charge in [-0.25, -0.2) is 0 Å². The number of carbonyl (C=O) groups excluding carboxylic acids is 3. The van der Waals surface area contributed by atoms with Crippen LogP contribution in [0.1, 0.15) is 60.8 Å². The molecule has 4 rings (SSSR count). The monoisotopic (exact) mass is 515 g/mol. The molecule has 3 aliphatic heterocycles. The molecule has 3 saturated heterocycles. The zero-order chi connectivity index (χ0) is 27.1. The molecule has 3 N–H and O–H groups in total. The van der Waals surface area contributed by atoms with E-state index < -0.39 is 35.1 Å². The van der Waals surface area contributed by atoms with E-state index in [9.17, 15) is 19.5 Å². The fourth-order valence-electron chi connectivity index (χ4n) is 6.72. The second kappa shape index (κ2) is 10.3. The number of hydrogen-bond donors (Lipinski definition) is 3. The number of nitrogens with one attached hydrogen (secondary N) is 2. The highest BCUT2D eigenvalue weighted by molar-refractivity contribution is 6.02.